The molecule has 162 valence electrons. The van der Waals surface area contributed by atoms with E-state index in [1.807, 2.05) is 53.9 Å². The molecule has 1 N–H and O–H groups in total. The topological polar surface area (TPSA) is 63.7 Å². The second-order valence-corrected chi connectivity index (χ2v) is 8.44. The Kier molecular flexibility index (Phi) is 6.84. The summed E-state index contributed by atoms with van der Waals surface area (Å²) in [6.07, 6.45) is 3.78. The van der Waals surface area contributed by atoms with Crippen LogP contribution in [0, 0.1) is 0 Å². The lowest BCUT2D eigenvalue weighted by Crippen LogP contribution is -2.39. The van der Waals surface area contributed by atoms with Crippen molar-refractivity contribution in [1.29, 1.82) is 0 Å². The lowest BCUT2D eigenvalue weighted by molar-refractivity contribution is -0.123. The van der Waals surface area contributed by atoms with Crippen LogP contribution >= 0.6 is 11.3 Å². The monoisotopic (exact) mass is 437 g/mol. The number of aromatic nitrogens is 1. The highest BCUT2D eigenvalue weighted by Crippen LogP contribution is 2.38. The Bertz CT molecular complexity index is 995. The number of thiazole rings is 1. The van der Waals surface area contributed by atoms with E-state index in [4.69, 9.17) is 9.47 Å². The maximum atomic E-state index is 13.1. The zero-order valence-corrected chi connectivity index (χ0v) is 18.6. The van der Waals surface area contributed by atoms with Crippen LogP contribution in [0.15, 0.2) is 60.1 Å². The van der Waals surface area contributed by atoms with E-state index < -0.39 is 0 Å². The van der Waals surface area contributed by atoms with Crippen molar-refractivity contribution in [2.45, 2.75) is 24.9 Å². The Morgan fingerprint density at radius 3 is 2.77 bits per heavy atom. The van der Waals surface area contributed by atoms with Crippen molar-refractivity contribution < 1.29 is 14.3 Å². The van der Waals surface area contributed by atoms with E-state index in [-0.39, 0.29) is 18.0 Å². The third kappa shape index (κ3) is 4.89. The SMILES string of the molecule is COc1ccc(OC)c(C2CCCN2CC(=O)NC(c2ccccc2)c2nccs2)c1. The first-order valence-electron chi connectivity index (χ1n) is 10.4. The van der Waals surface area contributed by atoms with Crippen molar-refractivity contribution in [2.24, 2.45) is 0 Å². The predicted octanol–water partition coefficient (Wildman–Crippen LogP) is 4.20. The lowest BCUT2D eigenvalue weighted by atomic mass is 10.0. The molecule has 0 aliphatic carbocycles. The number of amides is 1. The Morgan fingerprint density at radius 2 is 2.06 bits per heavy atom. The van der Waals surface area contributed by atoms with Crippen LogP contribution in [-0.2, 0) is 4.79 Å². The van der Waals surface area contributed by atoms with Crippen LogP contribution in [0.2, 0.25) is 0 Å². The lowest BCUT2D eigenvalue weighted by Gasteiger charge is -2.27. The van der Waals surface area contributed by atoms with Gasteiger partial charge in [-0.2, -0.15) is 0 Å². The third-order valence-corrected chi connectivity index (χ3v) is 6.48. The molecule has 0 spiro atoms. The molecule has 0 bridgehead atoms. The number of hydrogen-bond acceptors (Lipinski definition) is 6. The van der Waals surface area contributed by atoms with Crippen LogP contribution in [0.25, 0.3) is 0 Å². The minimum absolute atomic E-state index is 0.0159. The number of likely N-dealkylation sites (tertiary alicyclic amines) is 1. The van der Waals surface area contributed by atoms with E-state index in [9.17, 15) is 4.79 Å². The number of carbonyl (C=O) groups excluding carboxylic acids is 1. The van der Waals surface area contributed by atoms with Crippen LogP contribution in [0.3, 0.4) is 0 Å². The normalized spacial score (nSPS) is 17.3. The van der Waals surface area contributed by atoms with E-state index in [1.165, 1.54) is 0 Å². The summed E-state index contributed by atoms with van der Waals surface area (Å²) in [5.41, 5.74) is 2.09. The molecule has 1 aromatic heterocycles. The molecule has 0 saturated carbocycles. The molecule has 2 heterocycles. The summed E-state index contributed by atoms with van der Waals surface area (Å²) in [4.78, 5) is 19.8. The molecule has 31 heavy (non-hydrogen) atoms. The molecule has 2 unspecified atom stereocenters. The molecular weight excluding hydrogens is 410 g/mol. The van der Waals surface area contributed by atoms with Gasteiger partial charge in [0, 0.05) is 23.2 Å². The van der Waals surface area contributed by atoms with Crippen LogP contribution in [-0.4, -0.2) is 43.1 Å². The number of carbonyl (C=O) groups is 1. The van der Waals surface area contributed by atoms with Crippen LogP contribution in [0.5, 0.6) is 11.5 Å². The number of nitrogens with one attached hydrogen (secondary N) is 1. The first kappa shape index (κ1) is 21.3. The highest BCUT2D eigenvalue weighted by atomic mass is 32.1. The summed E-state index contributed by atoms with van der Waals surface area (Å²) >= 11 is 1.55. The summed E-state index contributed by atoms with van der Waals surface area (Å²) in [5, 5.41) is 6.01. The standard InChI is InChI=1S/C24H27N3O3S/c1-29-18-10-11-21(30-2)19(15-18)20-9-6-13-27(20)16-22(28)26-23(24-25-12-14-31-24)17-7-4-3-5-8-17/h3-5,7-8,10-12,14-15,20,23H,6,9,13,16H2,1-2H3,(H,26,28). The van der Waals surface area contributed by atoms with E-state index in [0.717, 1.165) is 47.0 Å². The highest BCUT2D eigenvalue weighted by molar-refractivity contribution is 7.09. The zero-order valence-electron chi connectivity index (χ0n) is 17.8. The van der Waals surface area contributed by atoms with Crippen LogP contribution in [0.1, 0.15) is 41.1 Å². The van der Waals surface area contributed by atoms with Crippen molar-refractivity contribution >= 4 is 17.2 Å². The smallest absolute Gasteiger partial charge is 0.235 e. The van der Waals surface area contributed by atoms with Crippen LogP contribution < -0.4 is 14.8 Å². The number of methoxy groups -OCH3 is 2. The first-order chi connectivity index (χ1) is 15.2. The Labute approximate surface area is 186 Å². The van der Waals surface area contributed by atoms with Crippen molar-refractivity contribution in [3.05, 3.63) is 76.2 Å². The van der Waals surface area contributed by atoms with Gasteiger partial charge >= 0.3 is 0 Å². The van der Waals surface area contributed by atoms with Gasteiger partial charge in [0.05, 0.1) is 20.8 Å². The molecule has 1 saturated heterocycles. The molecule has 4 rings (SSSR count). The van der Waals surface area contributed by atoms with Gasteiger partial charge in [0.15, 0.2) is 0 Å². The van der Waals surface area contributed by atoms with E-state index in [0.29, 0.717) is 6.54 Å². The summed E-state index contributed by atoms with van der Waals surface area (Å²) < 4.78 is 11.0. The molecule has 7 heteroatoms. The Balaban J connectivity index is 1.51. The molecule has 2 atom stereocenters. The minimum atomic E-state index is -0.249. The maximum Gasteiger partial charge on any atom is 0.235 e. The quantitative estimate of drug-likeness (QED) is 0.572. The van der Waals surface area contributed by atoms with Gasteiger partial charge in [0.2, 0.25) is 5.91 Å². The number of rotatable bonds is 8. The summed E-state index contributed by atoms with van der Waals surface area (Å²) in [7, 11) is 3.34. The van der Waals surface area contributed by atoms with Crippen molar-refractivity contribution in [1.82, 2.24) is 15.2 Å². The number of benzene rings is 2. The van der Waals surface area contributed by atoms with E-state index in [2.05, 4.69) is 15.2 Å². The fraction of sp³-hybridized carbons (Fsp3) is 0.333. The van der Waals surface area contributed by atoms with E-state index >= 15 is 0 Å². The molecule has 1 amide bonds. The molecule has 1 aliphatic heterocycles. The summed E-state index contributed by atoms with van der Waals surface area (Å²) in [6.45, 7) is 1.19. The average Bonchev–Trinajstić information content (AvgIpc) is 3.50. The first-order valence-corrected chi connectivity index (χ1v) is 11.3. The zero-order chi connectivity index (χ0) is 21.6. The molecule has 0 radical (unpaired) electrons. The number of ether oxygens (including phenoxy) is 2. The molecule has 3 aromatic rings. The van der Waals surface area contributed by atoms with Gasteiger partial charge in [-0.1, -0.05) is 30.3 Å². The van der Waals surface area contributed by atoms with Gasteiger partial charge in [-0.05, 0) is 43.1 Å². The highest BCUT2D eigenvalue weighted by Gasteiger charge is 2.31. The Morgan fingerprint density at radius 1 is 1.23 bits per heavy atom. The second-order valence-electron chi connectivity index (χ2n) is 7.52. The second kappa shape index (κ2) is 9.94. The average molecular weight is 438 g/mol. The largest absolute Gasteiger partial charge is 0.497 e. The molecule has 6 nitrogen and oxygen atoms in total. The molecule has 2 aromatic carbocycles. The molecular formula is C24H27N3O3S. The summed E-state index contributed by atoms with van der Waals surface area (Å²) in [6, 6.07) is 15.7. The van der Waals surface area contributed by atoms with Crippen molar-refractivity contribution in [2.75, 3.05) is 27.3 Å². The number of hydrogen-bond donors (Lipinski definition) is 1. The van der Waals surface area contributed by atoms with Gasteiger partial charge in [0.1, 0.15) is 22.5 Å². The maximum absolute atomic E-state index is 13.1. The van der Waals surface area contributed by atoms with Gasteiger partial charge in [-0.25, -0.2) is 4.98 Å². The fourth-order valence-electron chi connectivity index (χ4n) is 4.17. The summed E-state index contributed by atoms with van der Waals surface area (Å²) in [5.74, 6) is 1.60. The van der Waals surface area contributed by atoms with Gasteiger partial charge in [0.25, 0.3) is 0 Å². The molecule has 1 fully saturated rings. The van der Waals surface area contributed by atoms with E-state index in [1.54, 1.807) is 31.8 Å². The van der Waals surface area contributed by atoms with Crippen LogP contribution in [0.4, 0.5) is 0 Å². The Hall–Kier alpha value is -2.90. The van der Waals surface area contributed by atoms with Crippen molar-refractivity contribution in [3.63, 3.8) is 0 Å². The third-order valence-electron chi connectivity index (χ3n) is 5.64. The van der Waals surface area contributed by atoms with Gasteiger partial charge in [-0.15, -0.1) is 11.3 Å². The fourth-order valence-corrected chi connectivity index (χ4v) is 4.88. The molecule has 1 aliphatic rings. The minimum Gasteiger partial charge on any atom is -0.497 e. The van der Waals surface area contributed by atoms with Gasteiger partial charge < -0.3 is 14.8 Å². The van der Waals surface area contributed by atoms with Gasteiger partial charge in [-0.3, -0.25) is 9.69 Å². The van der Waals surface area contributed by atoms with Crippen molar-refractivity contribution in [3.8, 4) is 11.5 Å². The number of nitrogens with zero attached hydrogens (tertiary/aromatic N) is 2. The predicted molar refractivity (Wildman–Crippen MR) is 122 cm³/mol.